The van der Waals surface area contributed by atoms with Crippen LogP contribution in [0, 0.1) is 0 Å². The number of aliphatic imine (C=N–C) groups is 1. The lowest BCUT2D eigenvalue weighted by atomic mass is 10.0. The second kappa shape index (κ2) is 5.57. The Balaban J connectivity index is 2.08. The molecule has 0 bridgehead atoms. The lowest BCUT2D eigenvalue weighted by Crippen LogP contribution is -2.37. The van der Waals surface area contributed by atoms with Gasteiger partial charge in [-0.1, -0.05) is 25.1 Å². The van der Waals surface area contributed by atoms with Crippen molar-refractivity contribution in [3.63, 3.8) is 0 Å². The second-order valence-corrected chi connectivity index (χ2v) is 4.14. The molecule has 3 N–H and O–H groups in total. The number of nitrogens with one attached hydrogen (secondary N) is 1. The Morgan fingerprint density at radius 3 is 3.18 bits per heavy atom. The zero-order chi connectivity index (χ0) is 12.1. The van der Waals surface area contributed by atoms with Crippen LogP contribution in [0.2, 0.25) is 0 Å². The number of nitrogens with two attached hydrogens (primary N) is 1. The summed E-state index contributed by atoms with van der Waals surface area (Å²) in [7, 11) is 0. The highest BCUT2D eigenvalue weighted by molar-refractivity contribution is 5.78. The van der Waals surface area contributed by atoms with Gasteiger partial charge in [-0.2, -0.15) is 0 Å². The van der Waals surface area contributed by atoms with Crippen LogP contribution in [0.5, 0.6) is 5.75 Å². The van der Waals surface area contributed by atoms with E-state index in [2.05, 4.69) is 23.3 Å². The molecule has 1 atom stereocenters. The first kappa shape index (κ1) is 11.8. The van der Waals surface area contributed by atoms with E-state index in [-0.39, 0.29) is 6.04 Å². The van der Waals surface area contributed by atoms with Crippen LogP contribution in [0.4, 0.5) is 0 Å². The molecule has 0 spiro atoms. The normalized spacial score (nSPS) is 19.4. The van der Waals surface area contributed by atoms with Crippen LogP contribution in [-0.4, -0.2) is 19.1 Å². The number of guanidine groups is 1. The van der Waals surface area contributed by atoms with Crippen molar-refractivity contribution in [2.24, 2.45) is 10.7 Å². The fourth-order valence-electron chi connectivity index (χ4n) is 1.95. The van der Waals surface area contributed by atoms with E-state index in [0.717, 1.165) is 37.3 Å². The van der Waals surface area contributed by atoms with Gasteiger partial charge in [0, 0.05) is 18.5 Å². The van der Waals surface area contributed by atoms with Gasteiger partial charge in [-0.15, -0.1) is 0 Å². The molecule has 17 heavy (non-hydrogen) atoms. The maximum Gasteiger partial charge on any atom is 0.189 e. The topological polar surface area (TPSA) is 59.6 Å². The summed E-state index contributed by atoms with van der Waals surface area (Å²) in [6, 6.07) is 8.26. The Morgan fingerprint density at radius 2 is 2.35 bits per heavy atom. The van der Waals surface area contributed by atoms with Crippen molar-refractivity contribution in [2.45, 2.75) is 25.8 Å². The maximum absolute atomic E-state index is 5.85. The third-order valence-electron chi connectivity index (χ3n) is 2.79. The van der Waals surface area contributed by atoms with Crippen molar-refractivity contribution < 1.29 is 4.74 Å². The van der Waals surface area contributed by atoms with Gasteiger partial charge in [-0.25, -0.2) is 0 Å². The molecular weight excluding hydrogens is 214 g/mol. The number of benzene rings is 1. The van der Waals surface area contributed by atoms with Gasteiger partial charge in [0.15, 0.2) is 5.96 Å². The van der Waals surface area contributed by atoms with Gasteiger partial charge in [-0.05, 0) is 12.5 Å². The van der Waals surface area contributed by atoms with Crippen LogP contribution in [0.15, 0.2) is 29.3 Å². The first-order valence-electron chi connectivity index (χ1n) is 6.09. The van der Waals surface area contributed by atoms with Gasteiger partial charge in [0.2, 0.25) is 0 Å². The summed E-state index contributed by atoms with van der Waals surface area (Å²) in [5.41, 5.74) is 7.01. The van der Waals surface area contributed by atoms with Gasteiger partial charge < -0.3 is 15.8 Å². The predicted octanol–water partition coefficient (Wildman–Crippen LogP) is 1.82. The fraction of sp³-hybridized carbons (Fsp3) is 0.462. The number of para-hydroxylation sites is 1. The first-order valence-corrected chi connectivity index (χ1v) is 6.09. The average Bonchev–Trinajstić information content (AvgIpc) is 2.37. The largest absolute Gasteiger partial charge is 0.493 e. The maximum atomic E-state index is 5.85. The molecule has 0 aliphatic carbocycles. The van der Waals surface area contributed by atoms with Crippen LogP contribution in [0.3, 0.4) is 0 Å². The Hall–Kier alpha value is -1.71. The number of nitrogens with zero attached hydrogens (tertiary/aromatic N) is 1. The van der Waals surface area contributed by atoms with E-state index in [4.69, 9.17) is 10.5 Å². The molecule has 0 saturated heterocycles. The summed E-state index contributed by atoms with van der Waals surface area (Å²) in [5.74, 6) is 1.47. The van der Waals surface area contributed by atoms with Gasteiger partial charge in [-0.3, -0.25) is 4.99 Å². The minimum atomic E-state index is 0.209. The summed E-state index contributed by atoms with van der Waals surface area (Å²) in [5, 5.41) is 3.26. The number of hydrogen-bond acceptors (Lipinski definition) is 2. The zero-order valence-corrected chi connectivity index (χ0v) is 10.1. The summed E-state index contributed by atoms with van der Waals surface area (Å²) in [6.45, 7) is 3.57. The fourth-order valence-corrected chi connectivity index (χ4v) is 1.95. The van der Waals surface area contributed by atoms with Crippen molar-refractivity contribution in [1.29, 1.82) is 0 Å². The number of fused-ring (bicyclic) bond motifs is 1. The minimum absolute atomic E-state index is 0.209. The molecule has 0 aromatic heterocycles. The molecule has 1 unspecified atom stereocenters. The zero-order valence-electron chi connectivity index (χ0n) is 10.1. The molecule has 4 nitrogen and oxygen atoms in total. The summed E-state index contributed by atoms with van der Waals surface area (Å²) < 4.78 is 5.60. The summed E-state index contributed by atoms with van der Waals surface area (Å²) in [4.78, 5) is 4.25. The molecule has 1 aromatic rings. The molecule has 4 heteroatoms. The predicted molar refractivity (Wildman–Crippen MR) is 69.2 cm³/mol. The lowest BCUT2D eigenvalue weighted by Gasteiger charge is -2.26. The first-order chi connectivity index (χ1) is 8.31. The van der Waals surface area contributed by atoms with Gasteiger partial charge in [0.25, 0.3) is 0 Å². The summed E-state index contributed by atoms with van der Waals surface area (Å²) >= 11 is 0. The summed E-state index contributed by atoms with van der Waals surface area (Å²) in [6.07, 6.45) is 1.92. The molecule has 2 rings (SSSR count). The monoisotopic (exact) mass is 233 g/mol. The van der Waals surface area contributed by atoms with Crippen molar-refractivity contribution in [3.8, 4) is 5.75 Å². The molecule has 0 radical (unpaired) electrons. The number of rotatable bonds is 3. The van der Waals surface area contributed by atoms with E-state index < -0.39 is 0 Å². The molecule has 1 heterocycles. The number of hydrogen-bond donors (Lipinski definition) is 2. The van der Waals surface area contributed by atoms with Gasteiger partial charge in [0.05, 0.1) is 12.6 Å². The Morgan fingerprint density at radius 1 is 1.53 bits per heavy atom. The van der Waals surface area contributed by atoms with Crippen LogP contribution in [-0.2, 0) is 0 Å². The molecule has 1 aromatic carbocycles. The van der Waals surface area contributed by atoms with E-state index in [1.807, 2.05) is 18.2 Å². The number of ether oxygens (including phenoxy) is 1. The highest BCUT2D eigenvalue weighted by Crippen LogP contribution is 2.31. The van der Waals surface area contributed by atoms with Crippen LogP contribution in [0.1, 0.15) is 31.4 Å². The van der Waals surface area contributed by atoms with Crippen molar-refractivity contribution in [3.05, 3.63) is 29.8 Å². The van der Waals surface area contributed by atoms with Crippen LogP contribution < -0.4 is 15.8 Å². The third kappa shape index (κ3) is 2.90. The van der Waals surface area contributed by atoms with Crippen molar-refractivity contribution >= 4 is 5.96 Å². The van der Waals surface area contributed by atoms with E-state index in [9.17, 15) is 0 Å². The van der Waals surface area contributed by atoms with Crippen molar-refractivity contribution in [2.75, 3.05) is 13.2 Å². The minimum Gasteiger partial charge on any atom is -0.493 e. The Labute approximate surface area is 102 Å². The standard InChI is InChI=1S/C13H19N3O/c1-2-8-15-13(14)16-11-7-9-17-12-6-4-3-5-10(11)12/h3-6,11H,2,7-9H2,1H3,(H3,14,15,16). The molecule has 0 amide bonds. The van der Waals surface area contributed by atoms with E-state index in [1.54, 1.807) is 0 Å². The third-order valence-corrected chi connectivity index (χ3v) is 2.79. The molecule has 0 saturated carbocycles. The Kier molecular flexibility index (Phi) is 3.85. The Bertz CT molecular complexity index is 403. The molecule has 1 aliphatic heterocycles. The lowest BCUT2D eigenvalue weighted by molar-refractivity contribution is 0.262. The van der Waals surface area contributed by atoms with Crippen LogP contribution >= 0.6 is 0 Å². The molecule has 0 fully saturated rings. The van der Waals surface area contributed by atoms with E-state index >= 15 is 0 Å². The highest BCUT2D eigenvalue weighted by atomic mass is 16.5. The molecular formula is C13H19N3O. The van der Waals surface area contributed by atoms with Crippen molar-refractivity contribution in [1.82, 2.24) is 5.32 Å². The molecule has 92 valence electrons. The molecule has 1 aliphatic rings. The smallest absolute Gasteiger partial charge is 0.189 e. The van der Waals surface area contributed by atoms with E-state index in [1.165, 1.54) is 0 Å². The highest BCUT2D eigenvalue weighted by Gasteiger charge is 2.20. The average molecular weight is 233 g/mol. The SMILES string of the molecule is CCCN=C(N)NC1CCOc2ccccc21. The quantitative estimate of drug-likeness (QED) is 0.618. The van der Waals surface area contributed by atoms with Gasteiger partial charge in [0.1, 0.15) is 5.75 Å². The van der Waals surface area contributed by atoms with E-state index in [0.29, 0.717) is 5.96 Å². The van der Waals surface area contributed by atoms with Gasteiger partial charge >= 0.3 is 0 Å². The van der Waals surface area contributed by atoms with Crippen LogP contribution in [0.25, 0.3) is 0 Å². The second-order valence-electron chi connectivity index (χ2n) is 4.14.